The Hall–Kier alpha value is -0.470. The molecule has 1 saturated carbocycles. The van der Waals surface area contributed by atoms with Crippen LogP contribution < -0.4 is 0 Å². The van der Waals surface area contributed by atoms with Crippen LogP contribution in [0.25, 0.3) is 0 Å². The fourth-order valence-corrected chi connectivity index (χ4v) is 4.10. The molecule has 1 heterocycles. The Morgan fingerprint density at radius 1 is 0.941 bits per heavy atom. The van der Waals surface area contributed by atoms with Gasteiger partial charge in [-0.05, 0) is 43.7 Å². The molecule has 3 rings (SSSR count). The van der Waals surface area contributed by atoms with E-state index in [4.69, 9.17) is 4.74 Å². The maximum Gasteiger partial charge on any atom is 0.108 e. The maximum atomic E-state index is 6.26. The van der Waals surface area contributed by atoms with Crippen molar-refractivity contribution in [2.24, 2.45) is 5.92 Å². The lowest BCUT2D eigenvalue weighted by Gasteiger charge is -2.39. The maximum absolute atomic E-state index is 6.26. The summed E-state index contributed by atoms with van der Waals surface area (Å²) in [6.45, 7) is 0. The van der Waals surface area contributed by atoms with Crippen molar-refractivity contribution in [3.63, 3.8) is 0 Å². The highest BCUT2D eigenvalue weighted by Gasteiger charge is 2.33. The Morgan fingerprint density at radius 2 is 1.76 bits per heavy atom. The van der Waals surface area contributed by atoms with Gasteiger partial charge in [0.05, 0.1) is 6.10 Å². The van der Waals surface area contributed by atoms with Crippen LogP contribution in [0.15, 0.2) is 35.2 Å². The van der Waals surface area contributed by atoms with Crippen LogP contribution in [-0.4, -0.2) is 11.5 Å². The van der Waals surface area contributed by atoms with E-state index in [9.17, 15) is 0 Å². The van der Waals surface area contributed by atoms with Crippen LogP contribution in [0.4, 0.5) is 0 Å². The normalized spacial score (nSPS) is 33.1. The standard InChI is InChI=1S/C15H20OS/c1-2-7-13(8-3-1)17-15-11-10-12-6-4-5-9-14(12)16-15/h1-3,7-8,12,14-15H,4-6,9-11H2/t12-,14-,15?/m1/s1. The van der Waals surface area contributed by atoms with Gasteiger partial charge in [-0.3, -0.25) is 0 Å². The zero-order valence-corrected chi connectivity index (χ0v) is 11.0. The molecule has 1 aliphatic carbocycles. The van der Waals surface area contributed by atoms with E-state index < -0.39 is 0 Å². The molecule has 0 bridgehead atoms. The first-order chi connectivity index (χ1) is 8.42. The predicted octanol–water partition coefficient (Wildman–Crippen LogP) is 4.47. The van der Waals surface area contributed by atoms with Gasteiger partial charge < -0.3 is 4.74 Å². The zero-order chi connectivity index (χ0) is 11.5. The van der Waals surface area contributed by atoms with E-state index in [0.717, 1.165) is 5.92 Å². The van der Waals surface area contributed by atoms with Crippen LogP contribution >= 0.6 is 11.8 Å². The summed E-state index contributed by atoms with van der Waals surface area (Å²) in [6, 6.07) is 10.6. The largest absolute Gasteiger partial charge is 0.364 e. The highest BCUT2D eigenvalue weighted by atomic mass is 32.2. The summed E-state index contributed by atoms with van der Waals surface area (Å²) in [5.74, 6) is 0.858. The molecular weight excluding hydrogens is 228 g/mol. The molecule has 2 fully saturated rings. The van der Waals surface area contributed by atoms with Gasteiger partial charge in [-0.25, -0.2) is 0 Å². The first-order valence-electron chi connectivity index (χ1n) is 6.79. The number of fused-ring (bicyclic) bond motifs is 1. The summed E-state index contributed by atoms with van der Waals surface area (Å²) >= 11 is 1.90. The van der Waals surface area contributed by atoms with Gasteiger partial charge in [0.15, 0.2) is 0 Å². The van der Waals surface area contributed by atoms with Gasteiger partial charge in [-0.2, -0.15) is 0 Å². The van der Waals surface area contributed by atoms with Crippen LogP contribution in [0.2, 0.25) is 0 Å². The lowest BCUT2D eigenvalue weighted by atomic mass is 9.82. The van der Waals surface area contributed by atoms with Gasteiger partial charge in [0, 0.05) is 4.90 Å². The molecule has 3 atom stereocenters. The predicted molar refractivity (Wildman–Crippen MR) is 72.2 cm³/mol. The van der Waals surface area contributed by atoms with Crippen LogP contribution in [0.5, 0.6) is 0 Å². The third kappa shape index (κ3) is 2.86. The molecule has 1 aromatic rings. The van der Waals surface area contributed by atoms with Crippen molar-refractivity contribution in [2.75, 3.05) is 0 Å². The van der Waals surface area contributed by atoms with Crippen LogP contribution in [0.1, 0.15) is 38.5 Å². The average Bonchev–Trinajstić information content (AvgIpc) is 2.40. The molecule has 0 spiro atoms. The van der Waals surface area contributed by atoms with Gasteiger partial charge in [0.25, 0.3) is 0 Å². The second-order valence-corrected chi connectivity index (χ2v) is 6.39. The average molecular weight is 248 g/mol. The van der Waals surface area contributed by atoms with Crippen molar-refractivity contribution in [3.8, 4) is 0 Å². The first kappa shape index (κ1) is 11.6. The van der Waals surface area contributed by atoms with Crippen molar-refractivity contribution in [1.82, 2.24) is 0 Å². The molecule has 0 radical (unpaired) electrons. The monoisotopic (exact) mass is 248 g/mol. The molecule has 2 aliphatic rings. The molecule has 1 aromatic carbocycles. The molecule has 92 valence electrons. The number of hydrogen-bond acceptors (Lipinski definition) is 2. The molecular formula is C15H20OS. The summed E-state index contributed by atoms with van der Waals surface area (Å²) in [5.41, 5.74) is 0.386. The van der Waals surface area contributed by atoms with E-state index in [0.29, 0.717) is 11.5 Å². The second kappa shape index (κ2) is 5.45. The Labute approximate surface area is 108 Å². The lowest BCUT2D eigenvalue weighted by molar-refractivity contribution is -0.0623. The van der Waals surface area contributed by atoms with Gasteiger partial charge in [0.2, 0.25) is 0 Å². The minimum atomic E-state index is 0.386. The number of hydrogen-bond donors (Lipinski definition) is 0. The van der Waals surface area contributed by atoms with Gasteiger partial charge in [-0.1, -0.05) is 42.8 Å². The quantitative estimate of drug-likeness (QED) is 0.763. The molecule has 17 heavy (non-hydrogen) atoms. The number of thioether (sulfide) groups is 1. The topological polar surface area (TPSA) is 9.23 Å². The summed E-state index contributed by atoms with van der Waals surface area (Å²) in [5, 5.41) is 0. The van der Waals surface area contributed by atoms with E-state index in [-0.39, 0.29) is 0 Å². The van der Waals surface area contributed by atoms with E-state index in [1.165, 1.54) is 43.4 Å². The number of benzene rings is 1. The number of ether oxygens (including phenoxy) is 1. The van der Waals surface area contributed by atoms with Crippen LogP contribution in [0, 0.1) is 5.92 Å². The van der Waals surface area contributed by atoms with Crippen LogP contribution in [-0.2, 0) is 4.74 Å². The Morgan fingerprint density at radius 3 is 2.65 bits per heavy atom. The Bertz CT molecular complexity index is 351. The minimum absolute atomic E-state index is 0.386. The molecule has 0 amide bonds. The molecule has 1 unspecified atom stereocenters. The van der Waals surface area contributed by atoms with E-state index >= 15 is 0 Å². The zero-order valence-electron chi connectivity index (χ0n) is 10.2. The first-order valence-corrected chi connectivity index (χ1v) is 7.67. The summed E-state index contributed by atoms with van der Waals surface area (Å²) in [4.78, 5) is 1.34. The van der Waals surface area contributed by atoms with Crippen molar-refractivity contribution < 1.29 is 4.74 Å². The highest BCUT2D eigenvalue weighted by Crippen LogP contribution is 2.40. The van der Waals surface area contributed by atoms with E-state index in [2.05, 4.69) is 30.3 Å². The summed E-state index contributed by atoms with van der Waals surface area (Å²) in [7, 11) is 0. The van der Waals surface area contributed by atoms with Crippen molar-refractivity contribution in [1.29, 1.82) is 0 Å². The van der Waals surface area contributed by atoms with E-state index in [1.54, 1.807) is 0 Å². The van der Waals surface area contributed by atoms with Gasteiger partial charge in [0.1, 0.15) is 5.44 Å². The lowest BCUT2D eigenvalue weighted by Crippen LogP contribution is -2.35. The Kier molecular flexibility index (Phi) is 3.72. The summed E-state index contributed by atoms with van der Waals surface area (Å²) in [6.07, 6.45) is 8.61. The molecule has 0 N–H and O–H groups in total. The van der Waals surface area contributed by atoms with Crippen molar-refractivity contribution in [3.05, 3.63) is 30.3 Å². The van der Waals surface area contributed by atoms with Crippen molar-refractivity contribution >= 4 is 11.8 Å². The smallest absolute Gasteiger partial charge is 0.108 e. The fourth-order valence-electron chi connectivity index (χ4n) is 3.03. The third-order valence-electron chi connectivity index (χ3n) is 3.95. The van der Waals surface area contributed by atoms with Crippen LogP contribution in [0.3, 0.4) is 0 Å². The van der Waals surface area contributed by atoms with Gasteiger partial charge >= 0.3 is 0 Å². The SMILES string of the molecule is c1ccc(SC2CC[C@H]3CCCC[C@H]3O2)cc1. The third-order valence-corrected chi connectivity index (χ3v) is 5.10. The van der Waals surface area contributed by atoms with Crippen molar-refractivity contribution in [2.45, 2.75) is 55.0 Å². The molecule has 1 saturated heterocycles. The highest BCUT2D eigenvalue weighted by molar-refractivity contribution is 7.99. The second-order valence-electron chi connectivity index (χ2n) is 5.16. The molecule has 2 heteroatoms. The molecule has 0 aromatic heterocycles. The van der Waals surface area contributed by atoms with Gasteiger partial charge in [-0.15, -0.1) is 0 Å². The molecule has 1 nitrogen and oxygen atoms in total. The minimum Gasteiger partial charge on any atom is -0.364 e. The Balaban J connectivity index is 1.59. The number of rotatable bonds is 2. The van der Waals surface area contributed by atoms with E-state index in [1.807, 2.05) is 11.8 Å². The summed E-state index contributed by atoms with van der Waals surface area (Å²) < 4.78 is 6.26. The molecule has 1 aliphatic heterocycles. The fraction of sp³-hybridized carbons (Fsp3) is 0.600.